The van der Waals surface area contributed by atoms with E-state index in [1.165, 1.54) is 10.1 Å². The van der Waals surface area contributed by atoms with Gasteiger partial charge in [0.15, 0.2) is 11.2 Å². The summed E-state index contributed by atoms with van der Waals surface area (Å²) < 4.78 is 4.95. The smallest absolute Gasteiger partial charge is 0.332 e. The topological polar surface area (TPSA) is 88.6 Å². The Morgan fingerprint density at radius 3 is 2.28 bits per heavy atom. The summed E-state index contributed by atoms with van der Waals surface area (Å²) in [6, 6.07) is 7.92. The molecular weight excluding hydrogens is 518 g/mol. The van der Waals surface area contributed by atoms with E-state index < -0.39 is 0 Å². The van der Waals surface area contributed by atoms with Crippen molar-refractivity contribution >= 4 is 34.6 Å². The Bertz CT molecular complexity index is 1430. The van der Waals surface area contributed by atoms with Crippen LogP contribution in [0, 0.1) is 0 Å². The third-order valence-corrected chi connectivity index (χ3v) is 7.97. The Balaban J connectivity index is 1.27. The number of fused-ring (bicyclic) bond motifs is 3. The molecule has 0 unspecified atom stereocenters. The molecule has 0 spiro atoms. The molecule has 210 valence electrons. The van der Waals surface area contributed by atoms with Crippen molar-refractivity contribution in [3.8, 4) is 0 Å². The molecule has 2 aliphatic rings. The second-order valence-corrected chi connectivity index (χ2v) is 10.9. The molecule has 0 N–H and O–H groups in total. The minimum atomic E-state index is -0.288. The molecule has 4 heterocycles. The van der Waals surface area contributed by atoms with Gasteiger partial charge in [0.25, 0.3) is 5.56 Å². The number of hydrogen-bond acceptors (Lipinski definition) is 6. The zero-order chi connectivity index (χ0) is 27.5. The van der Waals surface area contributed by atoms with Gasteiger partial charge in [-0.1, -0.05) is 37.6 Å². The maximum Gasteiger partial charge on any atom is 0.332 e. The standard InChI is InChI=1S/C28H38ClN7O3/c1-3-11-35-25-24(26(38)36(12-4-2)28(35)39)34-14-5-13-33(27(34)30-25)15-10-23(37)32-18-16-31(17-19-32)20-21-6-8-22(29)9-7-21/h6-9H,3-5,10-20H2,1-2H3. The van der Waals surface area contributed by atoms with Crippen LogP contribution in [0.1, 0.15) is 45.1 Å². The van der Waals surface area contributed by atoms with Gasteiger partial charge in [0, 0.05) is 76.9 Å². The number of nitrogens with zero attached hydrogens (tertiary/aromatic N) is 7. The SMILES string of the molecule is CCCn1c(=O)c2c(nc3n2CCCN3CCC(=O)N2CCN(Cc3ccc(Cl)cc3)CC2)n(CCC)c1=O. The predicted octanol–water partition coefficient (Wildman–Crippen LogP) is 2.78. The van der Waals surface area contributed by atoms with Crippen molar-refractivity contribution in [2.45, 2.75) is 65.7 Å². The Morgan fingerprint density at radius 2 is 1.59 bits per heavy atom. The van der Waals surface area contributed by atoms with E-state index in [-0.39, 0.29) is 17.2 Å². The third kappa shape index (κ3) is 5.63. The van der Waals surface area contributed by atoms with E-state index in [4.69, 9.17) is 16.6 Å². The summed E-state index contributed by atoms with van der Waals surface area (Å²) in [4.78, 5) is 50.8. The van der Waals surface area contributed by atoms with Crippen molar-refractivity contribution in [2.24, 2.45) is 0 Å². The second-order valence-electron chi connectivity index (χ2n) is 10.5. The molecule has 3 aromatic rings. The van der Waals surface area contributed by atoms with E-state index in [0.29, 0.717) is 69.2 Å². The van der Waals surface area contributed by atoms with Crippen LogP contribution in [-0.4, -0.2) is 73.7 Å². The quantitative estimate of drug-likeness (QED) is 0.403. The number of carbonyl (C=O) groups excluding carboxylic acids is 1. The molecule has 1 saturated heterocycles. The first kappa shape index (κ1) is 27.5. The van der Waals surface area contributed by atoms with Crippen molar-refractivity contribution in [2.75, 3.05) is 44.2 Å². The van der Waals surface area contributed by atoms with Gasteiger partial charge in [-0.15, -0.1) is 0 Å². The first-order chi connectivity index (χ1) is 18.9. The van der Waals surface area contributed by atoms with Crippen LogP contribution in [0.15, 0.2) is 33.9 Å². The summed E-state index contributed by atoms with van der Waals surface area (Å²) >= 11 is 6.00. The number of rotatable bonds is 9. The fourth-order valence-electron chi connectivity index (χ4n) is 5.70. The fraction of sp³-hybridized carbons (Fsp3) is 0.571. The van der Waals surface area contributed by atoms with E-state index in [0.717, 1.165) is 44.0 Å². The molecule has 5 rings (SSSR count). The van der Waals surface area contributed by atoms with Crippen molar-refractivity contribution in [3.05, 3.63) is 55.7 Å². The highest BCUT2D eigenvalue weighted by Gasteiger charge is 2.28. The van der Waals surface area contributed by atoms with Gasteiger partial charge >= 0.3 is 5.69 Å². The van der Waals surface area contributed by atoms with Crippen LogP contribution in [0.2, 0.25) is 5.02 Å². The molecule has 39 heavy (non-hydrogen) atoms. The minimum Gasteiger partial charge on any atom is -0.342 e. The predicted molar refractivity (Wildman–Crippen MR) is 154 cm³/mol. The van der Waals surface area contributed by atoms with Gasteiger partial charge in [-0.05, 0) is 37.0 Å². The van der Waals surface area contributed by atoms with Crippen LogP contribution in [0.25, 0.3) is 11.2 Å². The molecule has 1 amide bonds. The average Bonchev–Trinajstić information content (AvgIpc) is 3.34. The molecule has 11 heteroatoms. The lowest BCUT2D eigenvalue weighted by Crippen LogP contribution is -2.49. The maximum absolute atomic E-state index is 13.4. The number of aromatic nitrogens is 4. The number of imidazole rings is 1. The Labute approximate surface area is 233 Å². The van der Waals surface area contributed by atoms with Crippen LogP contribution >= 0.6 is 11.6 Å². The number of halogens is 1. The Hall–Kier alpha value is -3.11. The van der Waals surface area contributed by atoms with Gasteiger partial charge in [-0.25, -0.2) is 4.79 Å². The number of carbonyl (C=O) groups is 1. The zero-order valence-electron chi connectivity index (χ0n) is 22.9. The van der Waals surface area contributed by atoms with Crippen LogP contribution in [0.4, 0.5) is 5.95 Å². The normalized spacial score (nSPS) is 16.2. The minimum absolute atomic E-state index is 0.141. The molecule has 2 aliphatic heterocycles. The monoisotopic (exact) mass is 555 g/mol. The number of amides is 1. The summed E-state index contributed by atoms with van der Waals surface area (Å²) in [5.74, 6) is 0.829. The largest absolute Gasteiger partial charge is 0.342 e. The van der Waals surface area contributed by atoms with Gasteiger partial charge in [-0.3, -0.25) is 23.6 Å². The van der Waals surface area contributed by atoms with Gasteiger partial charge < -0.3 is 14.4 Å². The summed E-state index contributed by atoms with van der Waals surface area (Å²) in [6.07, 6.45) is 2.72. The lowest BCUT2D eigenvalue weighted by atomic mass is 10.2. The highest BCUT2D eigenvalue weighted by Crippen LogP contribution is 2.25. The summed E-state index contributed by atoms with van der Waals surface area (Å²) in [5, 5.41) is 0.738. The summed E-state index contributed by atoms with van der Waals surface area (Å²) in [7, 11) is 0. The molecule has 2 aromatic heterocycles. The Kier molecular flexibility index (Phi) is 8.42. The third-order valence-electron chi connectivity index (χ3n) is 7.72. The Morgan fingerprint density at radius 1 is 0.897 bits per heavy atom. The number of aryl methyl sites for hydroxylation is 2. The lowest BCUT2D eigenvalue weighted by molar-refractivity contribution is -0.132. The van der Waals surface area contributed by atoms with Gasteiger partial charge in [0.2, 0.25) is 11.9 Å². The van der Waals surface area contributed by atoms with E-state index in [1.54, 1.807) is 4.57 Å². The number of hydrogen-bond donors (Lipinski definition) is 0. The highest BCUT2D eigenvalue weighted by atomic mass is 35.5. The van der Waals surface area contributed by atoms with E-state index >= 15 is 0 Å². The molecule has 0 bridgehead atoms. The van der Waals surface area contributed by atoms with Gasteiger partial charge in [0.1, 0.15) is 0 Å². The summed E-state index contributed by atoms with van der Waals surface area (Å²) in [5.41, 5.74) is 1.63. The molecule has 10 nitrogen and oxygen atoms in total. The van der Waals surface area contributed by atoms with E-state index in [9.17, 15) is 14.4 Å². The van der Waals surface area contributed by atoms with Crippen molar-refractivity contribution in [1.82, 2.24) is 28.5 Å². The molecule has 1 fully saturated rings. The molecule has 1 aromatic carbocycles. The van der Waals surface area contributed by atoms with Crippen LogP contribution < -0.4 is 16.1 Å². The molecule has 0 atom stereocenters. The van der Waals surface area contributed by atoms with Gasteiger partial charge in [0.05, 0.1) is 0 Å². The molecular formula is C28H38ClN7O3. The lowest BCUT2D eigenvalue weighted by Gasteiger charge is -2.35. The van der Waals surface area contributed by atoms with Crippen LogP contribution in [0.5, 0.6) is 0 Å². The van der Waals surface area contributed by atoms with E-state index in [2.05, 4.69) is 9.80 Å². The van der Waals surface area contributed by atoms with Crippen LogP contribution in [-0.2, 0) is 31.0 Å². The van der Waals surface area contributed by atoms with Crippen LogP contribution in [0.3, 0.4) is 0 Å². The van der Waals surface area contributed by atoms with Gasteiger partial charge in [-0.2, -0.15) is 4.98 Å². The number of anilines is 1. The zero-order valence-corrected chi connectivity index (χ0v) is 23.7. The molecule has 0 radical (unpaired) electrons. The molecule has 0 aliphatic carbocycles. The van der Waals surface area contributed by atoms with Crippen molar-refractivity contribution in [1.29, 1.82) is 0 Å². The average molecular weight is 556 g/mol. The highest BCUT2D eigenvalue weighted by molar-refractivity contribution is 6.30. The number of benzene rings is 1. The van der Waals surface area contributed by atoms with Crippen molar-refractivity contribution < 1.29 is 4.79 Å². The fourth-order valence-corrected chi connectivity index (χ4v) is 5.83. The summed E-state index contributed by atoms with van der Waals surface area (Å²) in [6.45, 7) is 10.8. The van der Waals surface area contributed by atoms with E-state index in [1.807, 2.05) is 47.6 Å². The molecule has 0 saturated carbocycles. The first-order valence-electron chi connectivity index (χ1n) is 14.1. The number of piperazine rings is 1. The maximum atomic E-state index is 13.4. The second kappa shape index (κ2) is 12.0. The van der Waals surface area contributed by atoms with Crippen molar-refractivity contribution in [3.63, 3.8) is 0 Å². The first-order valence-corrected chi connectivity index (χ1v) is 14.5.